The summed E-state index contributed by atoms with van der Waals surface area (Å²) < 4.78 is 12.5. The van der Waals surface area contributed by atoms with Gasteiger partial charge in [0.25, 0.3) is 5.91 Å². The molecule has 2 aromatic rings. The normalized spacial score (nSPS) is 10.7. The van der Waals surface area contributed by atoms with Crippen LogP contribution >= 0.6 is 31.9 Å². The van der Waals surface area contributed by atoms with Gasteiger partial charge in [0.05, 0.1) is 24.4 Å². The van der Waals surface area contributed by atoms with E-state index in [1.807, 2.05) is 13.0 Å². The Morgan fingerprint density at radius 1 is 1.25 bits per heavy atom. The van der Waals surface area contributed by atoms with Crippen molar-refractivity contribution in [2.24, 2.45) is 5.10 Å². The molecule has 1 N–H and O–H groups in total. The number of hydrogen-bond donors (Lipinski definition) is 1. The monoisotopic (exact) mass is 454 g/mol. The molecule has 0 heterocycles. The number of amides is 1. The second-order valence-corrected chi connectivity index (χ2v) is 6.44. The SMILES string of the molecule is CCOc1cc(/C=N\NC(=O)c2ccc(Br)cc2)cc(Br)c1OC. The lowest BCUT2D eigenvalue weighted by molar-refractivity contribution is 0.0955. The molecular formula is C17H16Br2N2O3. The summed E-state index contributed by atoms with van der Waals surface area (Å²) in [5.74, 6) is 0.944. The van der Waals surface area contributed by atoms with Crippen LogP contribution in [0.15, 0.2) is 50.4 Å². The van der Waals surface area contributed by atoms with E-state index in [1.165, 1.54) is 0 Å². The first-order valence-electron chi connectivity index (χ1n) is 7.14. The van der Waals surface area contributed by atoms with Crippen molar-refractivity contribution in [3.8, 4) is 11.5 Å². The first-order valence-corrected chi connectivity index (χ1v) is 8.73. The lowest BCUT2D eigenvalue weighted by Gasteiger charge is -2.11. The van der Waals surface area contributed by atoms with Crippen LogP contribution < -0.4 is 14.9 Å². The predicted molar refractivity (Wildman–Crippen MR) is 101 cm³/mol. The van der Waals surface area contributed by atoms with Crippen LogP contribution in [-0.4, -0.2) is 25.8 Å². The summed E-state index contributed by atoms with van der Waals surface area (Å²) in [6.45, 7) is 2.41. The standard InChI is InChI=1S/C17H16Br2N2O3/c1-3-24-15-9-11(8-14(19)16(15)23-2)10-20-21-17(22)12-4-6-13(18)7-5-12/h4-10H,3H2,1-2H3,(H,21,22)/b20-10-. The van der Waals surface area contributed by atoms with Crippen molar-refractivity contribution in [1.29, 1.82) is 0 Å². The zero-order valence-corrected chi connectivity index (χ0v) is 16.3. The quantitative estimate of drug-likeness (QED) is 0.519. The number of nitrogens with zero attached hydrogens (tertiary/aromatic N) is 1. The number of carbonyl (C=O) groups is 1. The smallest absolute Gasteiger partial charge is 0.271 e. The summed E-state index contributed by atoms with van der Waals surface area (Å²) in [6, 6.07) is 10.7. The molecule has 0 atom stereocenters. The third-order valence-corrected chi connectivity index (χ3v) is 4.14. The zero-order valence-electron chi connectivity index (χ0n) is 13.2. The molecule has 7 heteroatoms. The van der Waals surface area contributed by atoms with Crippen molar-refractivity contribution < 1.29 is 14.3 Å². The van der Waals surface area contributed by atoms with Crippen LogP contribution in [0.1, 0.15) is 22.8 Å². The molecule has 0 saturated carbocycles. The molecule has 5 nitrogen and oxygen atoms in total. The van der Waals surface area contributed by atoms with Gasteiger partial charge in [0.15, 0.2) is 11.5 Å². The van der Waals surface area contributed by atoms with E-state index >= 15 is 0 Å². The van der Waals surface area contributed by atoms with Gasteiger partial charge < -0.3 is 9.47 Å². The Morgan fingerprint density at radius 2 is 1.96 bits per heavy atom. The maximum absolute atomic E-state index is 12.0. The van der Waals surface area contributed by atoms with Crippen LogP contribution in [-0.2, 0) is 0 Å². The molecule has 0 spiro atoms. The number of methoxy groups -OCH3 is 1. The summed E-state index contributed by atoms with van der Waals surface area (Å²) in [4.78, 5) is 12.0. The maximum atomic E-state index is 12.0. The molecule has 24 heavy (non-hydrogen) atoms. The average Bonchev–Trinajstić information content (AvgIpc) is 2.55. The van der Waals surface area contributed by atoms with Crippen molar-refractivity contribution in [2.45, 2.75) is 6.92 Å². The molecule has 0 bridgehead atoms. The molecule has 0 aliphatic carbocycles. The number of nitrogens with one attached hydrogen (secondary N) is 1. The molecule has 0 saturated heterocycles. The van der Waals surface area contributed by atoms with Gasteiger partial charge in [-0.15, -0.1) is 0 Å². The summed E-state index contributed by atoms with van der Waals surface area (Å²) >= 11 is 6.76. The van der Waals surface area contributed by atoms with Gasteiger partial charge in [0.1, 0.15) is 0 Å². The lowest BCUT2D eigenvalue weighted by Crippen LogP contribution is -2.17. The molecule has 0 unspecified atom stereocenters. The molecule has 0 aliphatic rings. The number of ether oxygens (including phenoxy) is 2. The van der Waals surface area contributed by atoms with Crippen LogP contribution in [0.2, 0.25) is 0 Å². The molecule has 126 valence electrons. The van der Waals surface area contributed by atoms with E-state index < -0.39 is 0 Å². The molecule has 0 aromatic heterocycles. The predicted octanol–water partition coefficient (Wildman–Crippen LogP) is 4.38. The number of hydrazone groups is 1. The Balaban J connectivity index is 2.11. The first-order chi connectivity index (χ1) is 11.5. The van der Waals surface area contributed by atoms with E-state index in [1.54, 1.807) is 43.7 Å². The van der Waals surface area contributed by atoms with Gasteiger partial charge in [0, 0.05) is 10.0 Å². The van der Waals surface area contributed by atoms with Crippen molar-refractivity contribution in [1.82, 2.24) is 5.43 Å². The number of carbonyl (C=O) groups excluding carboxylic acids is 1. The Morgan fingerprint density at radius 3 is 2.58 bits per heavy atom. The van der Waals surface area contributed by atoms with Crippen LogP contribution in [0.5, 0.6) is 11.5 Å². The van der Waals surface area contributed by atoms with Gasteiger partial charge in [-0.1, -0.05) is 15.9 Å². The van der Waals surface area contributed by atoms with Crippen molar-refractivity contribution in [3.05, 3.63) is 56.5 Å². The van der Waals surface area contributed by atoms with Gasteiger partial charge in [0.2, 0.25) is 0 Å². The Bertz CT molecular complexity index is 746. The zero-order chi connectivity index (χ0) is 17.5. The fourth-order valence-corrected chi connectivity index (χ4v) is 2.84. The Labute approximate surface area is 157 Å². The number of halogens is 2. The van der Waals surface area contributed by atoms with Gasteiger partial charge >= 0.3 is 0 Å². The van der Waals surface area contributed by atoms with E-state index in [0.717, 1.165) is 14.5 Å². The molecule has 0 aliphatic heterocycles. The van der Waals surface area contributed by atoms with Crippen molar-refractivity contribution >= 4 is 44.0 Å². The van der Waals surface area contributed by atoms with E-state index in [9.17, 15) is 4.79 Å². The molecule has 1 amide bonds. The number of hydrogen-bond acceptors (Lipinski definition) is 4. The second-order valence-electron chi connectivity index (χ2n) is 4.67. The van der Waals surface area contributed by atoms with Gasteiger partial charge in [-0.3, -0.25) is 4.79 Å². The van der Waals surface area contributed by atoms with Crippen LogP contribution in [0.4, 0.5) is 0 Å². The fourth-order valence-electron chi connectivity index (χ4n) is 1.95. The van der Waals surface area contributed by atoms with E-state index in [4.69, 9.17) is 9.47 Å². The minimum absolute atomic E-state index is 0.281. The molecule has 2 rings (SSSR count). The highest BCUT2D eigenvalue weighted by Crippen LogP contribution is 2.36. The largest absolute Gasteiger partial charge is 0.492 e. The van der Waals surface area contributed by atoms with Crippen LogP contribution in [0.3, 0.4) is 0 Å². The summed E-state index contributed by atoms with van der Waals surface area (Å²) in [7, 11) is 1.58. The summed E-state index contributed by atoms with van der Waals surface area (Å²) in [5, 5.41) is 3.98. The van der Waals surface area contributed by atoms with Gasteiger partial charge in [-0.05, 0) is 64.8 Å². The Kier molecular flexibility index (Phi) is 6.81. The van der Waals surface area contributed by atoms with Crippen LogP contribution in [0, 0.1) is 0 Å². The van der Waals surface area contributed by atoms with E-state index in [0.29, 0.717) is 23.7 Å². The number of rotatable bonds is 6. The fraction of sp³-hybridized carbons (Fsp3) is 0.176. The summed E-state index contributed by atoms with van der Waals surface area (Å²) in [6.07, 6.45) is 1.55. The molecule has 0 radical (unpaired) electrons. The highest BCUT2D eigenvalue weighted by Gasteiger charge is 2.10. The second kappa shape index (κ2) is 8.84. The minimum atomic E-state index is -0.281. The average molecular weight is 456 g/mol. The lowest BCUT2D eigenvalue weighted by atomic mass is 10.2. The van der Waals surface area contributed by atoms with Crippen molar-refractivity contribution in [2.75, 3.05) is 13.7 Å². The van der Waals surface area contributed by atoms with E-state index in [-0.39, 0.29) is 5.91 Å². The minimum Gasteiger partial charge on any atom is -0.492 e. The van der Waals surface area contributed by atoms with E-state index in [2.05, 4.69) is 42.4 Å². The molecular weight excluding hydrogens is 440 g/mol. The topological polar surface area (TPSA) is 59.9 Å². The van der Waals surface area contributed by atoms with Crippen LogP contribution in [0.25, 0.3) is 0 Å². The van der Waals surface area contributed by atoms with Crippen molar-refractivity contribution in [3.63, 3.8) is 0 Å². The maximum Gasteiger partial charge on any atom is 0.271 e. The number of benzene rings is 2. The summed E-state index contributed by atoms with van der Waals surface area (Å²) in [5.41, 5.74) is 3.79. The van der Waals surface area contributed by atoms with Gasteiger partial charge in [-0.25, -0.2) is 5.43 Å². The highest BCUT2D eigenvalue weighted by molar-refractivity contribution is 9.10. The third kappa shape index (κ3) is 4.82. The van der Waals surface area contributed by atoms with Gasteiger partial charge in [-0.2, -0.15) is 5.10 Å². The highest BCUT2D eigenvalue weighted by atomic mass is 79.9. The molecule has 2 aromatic carbocycles. The Hall–Kier alpha value is -1.86. The first kappa shape index (κ1) is 18.5. The third-order valence-electron chi connectivity index (χ3n) is 3.02. The molecule has 0 fully saturated rings.